The molecule has 0 atom stereocenters. The number of hydrogen-bond donors (Lipinski definition) is 1. The smallest absolute Gasteiger partial charge is 0.265 e. The first-order valence-corrected chi connectivity index (χ1v) is 7.29. The van der Waals surface area contributed by atoms with Crippen molar-refractivity contribution in [3.8, 4) is 5.75 Å². The van der Waals surface area contributed by atoms with Gasteiger partial charge < -0.3 is 20.3 Å². The lowest BCUT2D eigenvalue weighted by Gasteiger charge is -2.30. The van der Waals surface area contributed by atoms with Gasteiger partial charge in [0.2, 0.25) is 0 Å². The van der Waals surface area contributed by atoms with Crippen LogP contribution in [0.3, 0.4) is 0 Å². The minimum Gasteiger partial charge on any atom is -0.482 e. The Labute approximate surface area is 119 Å². The van der Waals surface area contributed by atoms with E-state index in [-0.39, 0.29) is 12.5 Å². The molecule has 1 aromatic rings. The van der Waals surface area contributed by atoms with Crippen molar-refractivity contribution in [1.82, 2.24) is 4.90 Å². The summed E-state index contributed by atoms with van der Waals surface area (Å²) >= 11 is 0. The first-order valence-electron chi connectivity index (χ1n) is 7.29. The molecule has 2 heterocycles. The summed E-state index contributed by atoms with van der Waals surface area (Å²) in [6.07, 6.45) is 3.59. The third kappa shape index (κ3) is 2.72. The van der Waals surface area contributed by atoms with Gasteiger partial charge in [-0.1, -0.05) is 0 Å². The lowest BCUT2D eigenvalue weighted by Crippen LogP contribution is -2.40. The van der Waals surface area contributed by atoms with Gasteiger partial charge in [-0.05, 0) is 57.1 Å². The highest BCUT2D eigenvalue weighted by molar-refractivity contribution is 5.98. The van der Waals surface area contributed by atoms with Crippen LogP contribution < -0.4 is 15.4 Å². The number of amides is 1. The molecule has 1 saturated heterocycles. The van der Waals surface area contributed by atoms with Gasteiger partial charge in [-0.3, -0.25) is 4.79 Å². The summed E-state index contributed by atoms with van der Waals surface area (Å²) in [5.74, 6) is 0.768. The summed E-state index contributed by atoms with van der Waals surface area (Å²) in [4.78, 5) is 16.3. The molecule has 0 bridgehead atoms. The van der Waals surface area contributed by atoms with E-state index in [1.54, 1.807) is 6.07 Å². The van der Waals surface area contributed by atoms with Crippen molar-refractivity contribution in [2.75, 3.05) is 43.4 Å². The van der Waals surface area contributed by atoms with E-state index in [4.69, 9.17) is 10.5 Å². The average molecular weight is 275 g/mol. The number of anilines is 2. The molecule has 0 spiro atoms. The molecule has 5 nitrogen and oxygen atoms in total. The first-order chi connectivity index (χ1) is 9.74. The standard InChI is InChI=1S/C15H21N3O2/c16-12-4-5-14-13(10-12)18(15(19)11-20-14)9-3-8-17-6-1-2-7-17/h4-5,10H,1-3,6-9,11,16H2. The maximum Gasteiger partial charge on any atom is 0.265 e. The lowest BCUT2D eigenvalue weighted by atomic mass is 10.2. The van der Waals surface area contributed by atoms with E-state index in [0.29, 0.717) is 5.69 Å². The number of benzene rings is 1. The topological polar surface area (TPSA) is 58.8 Å². The van der Waals surface area contributed by atoms with Gasteiger partial charge >= 0.3 is 0 Å². The van der Waals surface area contributed by atoms with Crippen molar-refractivity contribution in [3.63, 3.8) is 0 Å². The van der Waals surface area contributed by atoms with Gasteiger partial charge in [-0.15, -0.1) is 0 Å². The van der Waals surface area contributed by atoms with Gasteiger partial charge in [0.15, 0.2) is 6.61 Å². The second-order valence-electron chi connectivity index (χ2n) is 5.46. The normalized spacial score (nSPS) is 19.0. The van der Waals surface area contributed by atoms with Crippen LogP contribution in [0.1, 0.15) is 19.3 Å². The van der Waals surface area contributed by atoms with E-state index in [0.717, 1.165) is 30.9 Å². The van der Waals surface area contributed by atoms with E-state index < -0.39 is 0 Å². The molecule has 108 valence electrons. The van der Waals surface area contributed by atoms with Gasteiger partial charge in [0.1, 0.15) is 5.75 Å². The van der Waals surface area contributed by atoms with Crippen molar-refractivity contribution in [2.24, 2.45) is 0 Å². The predicted octanol–water partition coefficient (Wildman–Crippen LogP) is 1.48. The molecule has 0 unspecified atom stereocenters. The number of likely N-dealkylation sites (tertiary alicyclic amines) is 1. The number of fused-ring (bicyclic) bond motifs is 1. The zero-order chi connectivity index (χ0) is 13.9. The third-order valence-electron chi connectivity index (χ3n) is 3.98. The predicted molar refractivity (Wildman–Crippen MR) is 79.0 cm³/mol. The highest BCUT2D eigenvalue weighted by atomic mass is 16.5. The van der Waals surface area contributed by atoms with Gasteiger partial charge in [0.25, 0.3) is 5.91 Å². The van der Waals surface area contributed by atoms with E-state index in [1.165, 1.54) is 25.9 Å². The van der Waals surface area contributed by atoms with E-state index >= 15 is 0 Å². The lowest BCUT2D eigenvalue weighted by molar-refractivity contribution is -0.121. The van der Waals surface area contributed by atoms with Crippen molar-refractivity contribution in [2.45, 2.75) is 19.3 Å². The Kier molecular flexibility index (Phi) is 3.78. The van der Waals surface area contributed by atoms with Crippen LogP contribution in [0.25, 0.3) is 0 Å². The van der Waals surface area contributed by atoms with Crippen LogP contribution in [0.5, 0.6) is 5.75 Å². The molecular formula is C15H21N3O2. The molecular weight excluding hydrogens is 254 g/mol. The highest BCUT2D eigenvalue weighted by Gasteiger charge is 2.25. The maximum atomic E-state index is 12.0. The summed E-state index contributed by atoms with van der Waals surface area (Å²) in [5.41, 5.74) is 7.28. The van der Waals surface area contributed by atoms with Crippen LogP contribution in [0.15, 0.2) is 18.2 Å². The molecule has 3 rings (SSSR count). The van der Waals surface area contributed by atoms with Crippen molar-refractivity contribution in [3.05, 3.63) is 18.2 Å². The second kappa shape index (κ2) is 5.71. The molecule has 0 aliphatic carbocycles. The molecule has 1 amide bonds. The molecule has 2 aliphatic rings. The fraction of sp³-hybridized carbons (Fsp3) is 0.533. The van der Waals surface area contributed by atoms with Crippen LogP contribution in [0.4, 0.5) is 11.4 Å². The molecule has 0 saturated carbocycles. The summed E-state index contributed by atoms with van der Waals surface area (Å²) in [6, 6.07) is 5.46. The van der Waals surface area contributed by atoms with Crippen LogP contribution in [-0.2, 0) is 4.79 Å². The fourth-order valence-corrected chi connectivity index (χ4v) is 2.92. The number of ether oxygens (including phenoxy) is 1. The molecule has 1 aromatic carbocycles. The minimum atomic E-state index is 0.0181. The van der Waals surface area contributed by atoms with Crippen LogP contribution in [0.2, 0.25) is 0 Å². The van der Waals surface area contributed by atoms with Crippen molar-refractivity contribution < 1.29 is 9.53 Å². The van der Waals surface area contributed by atoms with E-state index in [9.17, 15) is 4.79 Å². The molecule has 20 heavy (non-hydrogen) atoms. The second-order valence-corrected chi connectivity index (χ2v) is 5.46. The van der Waals surface area contributed by atoms with Crippen LogP contribution in [-0.4, -0.2) is 43.6 Å². The van der Waals surface area contributed by atoms with Crippen LogP contribution >= 0.6 is 0 Å². The van der Waals surface area contributed by atoms with Gasteiger partial charge in [-0.2, -0.15) is 0 Å². The van der Waals surface area contributed by atoms with Crippen molar-refractivity contribution in [1.29, 1.82) is 0 Å². The number of nitrogens with zero attached hydrogens (tertiary/aromatic N) is 2. The van der Waals surface area contributed by atoms with Gasteiger partial charge in [0.05, 0.1) is 5.69 Å². The van der Waals surface area contributed by atoms with E-state index in [1.807, 2.05) is 17.0 Å². The maximum absolute atomic E-state index is 12.0. The summed E-state index contributed by atoms with van der Waals surface area (Å²) < 4.78 is 5.44. The molecule has 1 fully saturated rings. The molecule has 0 aromatic heterocycles. The van der Waals surface area contributed by atoms with Crippen molar-refractivity contribution >= 4 is 17.3 Å². The Balaban J connectivity index is 1.65. The molecule has 2 aliphatic heterocycles. The number of carbonyl (C=O) groups is 1. The monoisotopic (exact) mass is 275 g/mol. The Morgan fingerprint density at radius 3 is 2.80 bits per heavy atom. The number of hydrogen-bond acceptors (Lipinski definition) is 4. The Hall–Kier alpha value is -1.75. The van der Waals surface area contributed by atoms with E-state index in [2.05, 4.69) is 4.90 Å². The molecule has 0 radical (unpaired) electrons. The summed E-state index contributed by atoms with van der Waals surface area (Å²) in [5, 5.41) is 0. The number of nitrogen functional groups attached to an aromatic ring is 1. The SMILES string of the molecule is Nc1ccc2c(c1)N(CCCN1CCCC1)C(=O)CO2. The first kappa shape index (κ1) is 13.2. The van der Waals surface area contributed by atoms with Gasteiger partial charge in [0, 0.05) is 12.2 Å². The van der Waals surface area contributed by atoms with Gasteiger partial charge in [-0.25, -0.2) is 0 Å². The Morgan fingerprint density at radius 1 is 1.20 bits per heavy atom. The third-order valence-corrected chi connectivity index (χ3v) is 3.98. The fourth-order valence-electron chi connectivity index (χ4n) is 2.92. The highest BCUT2D eigenvalue weighted by Crippen LogP contribution is 2.33. The Morgan fingerprint density at radius 2 is 2.00 bits per heavy atom. The zero-order valence-corrected chi connectivity index (χ0v) is 11.7. The number of carbonyl (C=O) groups excluding carboxylic acids is 1. The zero-order valence-electron chi connectivity index (χ0n) is 11.7. The summed E-state index contributed by atoms with van der Waals surface area (Å²) in [6.45, 7) is 4.30. The molecule has 5 heteroatoms. The minimum absolute atomic E-state index is 0.0181. The molecule has 2 N–H and O–H groups in total. The average Bonchev–Trinajstić information content (AvgIpc) is 2.94. The number of nitrogens with two attached hydrogens (primary N) is 1. The summed E-state index contributed by atoms with van der Waals surface area (Å²) in [7, 11) is 0. The van der Waals surface area contributed by atoms with Crippen LogP contribution in [0, 0.1) is 0 Å². The Bertz CT molecular complexity index is 498. The number of rotatable bonds is 4. The largest absolute Gasteiger partial charge is 0.482 e. The quantitative estimate of drug-likeness (QED) is 0.846.